The van der Waals surface area contributed by atoms with Crippen LogP contribution in [0.15, 0.2) is 79.3 Å². The maximum absolute atomic E-state index is 13.5. The predicted octanol–water partition coefficient (Wildman–Crippen LogP) is 5.61. The van der Waals surface area contributed by atoms with Crippen LogP contribution in [0.4, 0.5) is 0 Å². The van der Waals surface area contributed by atoms with Gasteiger partial charge in [-0.3, -0.25) is 9.59 Å². The molecule has 5 rings (SSSR count). The molecule has 0 saturated carbocycles. The Morgan fingerprint density at radius 3 is 2.62 bits per heavy atom. The van der Waals surface area contributed by atoms with E-state index in [1.54, 1.807) is 12.1 Å². The van der Waals surface area contributed by atoms with Crippen LogP contribution in [0.2, 0.25) is 0 Å². The summed E-state index contributed by atoms with van der Waals surface area (Å²) >= 11 is 0. The van der Waals surface area contributed by atoms with Crippen LogP contribution < -0.4 is 5.32 Å². The number of nitrogens with zero attached hydrogens (tertiary/aromatic N) is 5. The number of Topliss-reactive ketones (excluding diaryl/α,β-unsaturated/α-hetero) is 1. The van der Waals surface area contributed by atoms with Gasteiger partial charge in [0.2, 0.25) is 0 Å². The van der Waals surface area contributed by atoms with Crippen LogP contribution >= 0.6 is 0 Å². The number of benzene rings is 3. The number of hydrogen-bond acceptors (Lipinski definition) is 6. The van der Waals surface area contributed by atoms with Gasteiger partial charge in [0.15, 0.2) is 0 Å². The molecule has 2 aromatic heterocycles. The number of fused-ring (bicyclic) bond motifs is 1. The van der Waals surface area contributed by atoms with Gasteiger partial charge in [0.25, 0.3) is 5.91 Å². The van der Waals surface area contributed by atoms with Gasteiger partial charge < -0.3 is 10.3 Å². The summed E-state index contributed by atoms with van der Waals surface area (Å²) < 4.78 is 1.47. The SMILES string of the molecule is CCC(=O)CCCCC[C@H](NC(=O)c1ccccc1-n1cnnn1)c1ncc(-c2ccc3ccccc3c2)[nH]1. The molecule has 2 N–H and O–H groups in total. The summed E-state index contributed by atoms with van der Waals surface area (Å²) in [5.74, 6) is 0.733. The number of imidazole rings is 1. The van der Waals surface area contributed by atoms with E-state index in [1.165, 1.54) is 16.4 Å². The molecule has 198 valence electrons. The molecule has 0 spiro atoms. The van der Waals surface area contributed by atoms with E-state index in [1.807, 2.05) is 37.4 Å². The Hall–Kier alpha value is -4.66. The monoisotopic (exact) mass is 521 g/mol. The number of para-hydroxylation sites is 1. The summed E-state index contributed by atoms with van der Waals surface area (Å²) in [6.07, 6.45) is 7.72. The first-order chi connectivity index (χ1) is 19.1. The molecule has 0 aliphatic carbocycles. The standard InChI is InChI=1S/C30H31N7O2/c1-2-24(38)12-4-3-5-14-26(34-30(39)25-13-8-9-15-28(25)37-20-32-35-36-37)29-31-19-27(33-29)23-17-16-21-10-6-7-11-22(21)18-23/h6-11,13,15-20,26H,2-5,12,14H2,1H3,(H,31,33)(H,34,39)/t26-/m0/s1. The van der Waals surface area contributed by atoms with Crippen molar-refractivity contribution < 1.29 is 9.59 Å². The molecule has 0 radical (unpaired) electrons. The minimum absolute atomic E-state index is 0.240. The second-order valence-electron chi connectivity index (χ2n) is 9.53. The number of aromatic amines is 1. The molecule has 1 amide bonds. The Bertz CT molecular complexity index is 1560. The van der Waals surface area contributed by atoms with Crippen molar-refractivity contribution in [3.8, 4) is 16.9 Å². The van der Waals surface area contributed by atoms with Crippen LogP contribution in [-0.4, -0.2) is 41.9 Å². The highest BCUT2D eigenvalue weighted by Crippen LogP contribution is 2.26. The number of amides is 1. The molecule has 39 heavy (non-hydrogen) atoms. The van der Waals surface area contributed by atoms with Crippen LogP contribution in [0.5, 0.6) is 0 Å². The lowest BCUT2D eigenvalue weighted by atomic mass is 10.0. The lowest BCUT2D eigenvalue weighted by Crippen LogP contribution is -2.30. The first-order valence-corrected chi connectivity index (χ1v) is 13.3. The molecule has 9 nitrogen and oxygen atoms in total. The molecule has 0 saturated heterocycles. The van der Waals surface area contributed by atoms with E-state index in [2.05, 4.69) is 61.1 Å². The quantitative estimate of drug-likeness (QED) is 0.206. The van der Waals surface area contributed by atoms with E-state index < -0.39 is 0 Å². The van der Waals surface area contributed by atoms with E-state index in [9.17, 15) is 9.59 Å². The zero-order chi connectivity index (χ0) is 27.0. The van der Waals surface area contributed by atoms with E-state index in [4.69, 9.17) is 0 Å². The molecule has 0 bridgehead atoms. The van der Waals surface area contributed by atoms with Crippen molar-refractivity contribution in [3.63, 3.8) is 0 Å². The van der Waals surface area contributed by atoms with E-state index in [-0.39, 0.29) is 17.7 Å². The molecule has 5 aromatic rings. The zero-order valence-electron chi connectivity index (χ0n) is 21.9. The Morgan fingerprint density at radius 1 is 0.974 bits per heavy atom. The van der Waals surface area contributed by atoms with Crippen molar-refractivity contribution in [2.45, 2.75) is 51.5 Å². The number of nitrogens with one attached hydrogen (secondary N) is 2. The molecule has 2 heterocycles. The smallest absolute Gasteiger partial charge is 0.254 e. The molecule has 0 unspecified atom stereocenters. The zero-order valence-corrected chi connectivity index (χ0v) is 21.9. The van der Waals surface area contributed by atoms with Gasteiger partial charge in [-0.05, 0) is 52.2 Å². The molecule has 9 heteroatoms. The number of aromatic nitrogens is 6. The van der Waals surface area contributed by atoms with E-state index >= 15 is 0 Å². The summed E-state index contributed by atoms with van der Waals surface area (Å²) in [7, 11) is 0. The number of rotatable bonds is 12. The van der Waals surface area contributed by atoms with Gasteiger partial charge in [-0.2, -0.15) is 4.68 Å². The van der Waals surface area contributed by atoms with Gasteiger partial charge in [0, 0.05) is 18.4 Å². The third kappa shape index (κ3) is 6.26. The lowest BCUT2D eigenvalue weighted by molar-refractivity contribution is -0.118. The Labute approximate surface area is 226 Å². The summed E-state index contributed by atoms with van der Waals surface area (Å²) in [6, 6.07) is 21.4. The highest BCUT2D eigenvalue weighted by molar-refractivity contribution is 5.98. The fourth-order valence-electron chi connectivity index (χ4n) is 4.69. The van der Waals surface area contributed by atoms with E-state index in [0.717, 1.165) is 35.9 Å². The highest BCUT2D eigenvalue weighted by Gasteiger charge is 2.21. The van der Waals surface area contributed by atoms with Crippen LogP contribution in [0, 0.1) is 0 Å². The first kappa shape index (κ1) is 26.0. The molecular formula is C30H31N7O2. The van der Waals surface area contributed by atoms with Gasteiger partial charge in [0.05, 0.1) is 29.2 Å². The maximum atomic E-state index is 13.5. The van der Waals surface area contributed by atoms with Crippen LogP contribution in [0.3, 0.4) is 0 Å². The minimum atomic E-state index is -0.337. The number of unbranched alkanes of at least 4 members (excludes halogenated alkanes) is 2. The average Bonchev–Trinajstić information content (AvgIpc) is 3.69. The summed E-state index contributed by atoms with van der Waals surface area (Å²) in [5, 5.41) is 16.8. The maximum Gasteiger partial charge on any atom is 0.254 e. The number of carbonyl (C=O) groups is 2. The molecule has 0 fully saturated rings. The van der Waals surface area contributed by atoms with Gasteiger partial charge in [0.1, 0.15) is 17.9 Å². The van der Waals surface area contributed by atoms with Gasteiger partial charge >= 0.3 is 0 Å². The van der Waals surface area contributed by atoms with Crippen LogP contribution in [-0.2, 0) is 4.79 Å². The average molecular weight is 522 g/mol. The van der Waals surface area contributed by atoms with Gasteiger partial charge in [-0.1, -0.05) is 68.3 Å². The number of carbonyl (C=O) groups excluding carboxylic acids is 2. The Balaban J connectivity index is 1.37. The molecular weight excluding hydrogens is 490 g/mol. The summed E-state index contributed by atoms with van der Waals surface area (Å²) in [4.78, 5) is 33.3. The summed E-state index contributed by atoms with van der Waals surface area (Å²) in [6.45, 7) is 1.89. The number of tetrazole rings is 1. The molecule has 1 atom stereocenters. The van der Waals surface area contributed by atoms with Crippen molar-refractivity contribution in [2.24, 2.45) is 0 Å². The van der Waals surface area contributed by atoms with E-state index in [0.29, 0.717) is 36.3 Å². The fourth-order valence-corrected chi connectivity index (χ4v) is 4.69. The van der Waals surface area contributed by atoms with Crippen molar-refractivity contribution >= 4 is 22.5 Å². The third-order valence-electron chi connectivity index (χ3n) is 6.88. The van der Waals surface area contributed by atoms with Crippen molar-refractivity contribution in [2.75, 3.05) is 0 Å². The second kappa shape index (κ2) is 12.3. The van der Waals surface area contributed by atoms with Gasteiger partial charge in [-0.15, -0.1) is 5.10 Å². The summed E-state index contributed by atoms with van der Waals surface area (Å²) in [5.41, 5.74) is 2.97. The van der Waals surface area contributed by atoms with Crippen LogP contribution in [0.1, 0.15) is 67.7 Å². The van der Waals surface area contributed by atoms with Crippen molar-refractivity contribution in [3.05, 3.63) is 90.6 Å². The Kier molecular flexibility index (Phi) is 8.16. The first-order valence-electron chi connectivity index (χ1n) is 13.3. The normalized spacial score (nSPS) is 11.9. The third-order valence-corrected chi connectivity index (χ3v) is 6.88. The predicted molar refractivity (Wildman–Crippen MR) is 149 cm³/mol. The lowest BCUT2D eigenvalue weighted by Gasteiger charge is -2.18. The number of hydrogen-bond donors (Lipinski definition) is 2. The van der Waals surface area contributed by atoms with Gasteiger partial charge in [-0.25, -0.2) is 4.98 Å². The molecule has 3 aromatic carbocycles. The topological polar surface area (TPSA) is 118 Å². The molecule has 0 aliphatic heterocycles. The van der Waals surface area contributed by atoms with Crippen molar-refractivity contribution in [1.82, 2.24) is 35.5 Å². The minimum Gasteiger partial charge on any atom is -0.342 e. The fraction of sp³-hybridized carbons (Fsp3) is 0.267. The largest absolute Gasteiger partial charge is 0.342 e. The number of H-pyrrole nitrogens is 1. The van der Waals surface area contributed by atoms with Crippen LogP contribution in [0.25, 0.3) is 27.7 Å². The highest BCUT2D eigenvalue weighted by atomic mass is 16.1. The van der Waals surface area contributed by atoms with Crippen molar-refractivity contribution in [1.29, 1.82) is 0 Å². The molecule has 0 aliphatic rings. The Morgan fingerprint density at radius 2 is 1.79 bits per heavy atom. The number of ketones is 1. The second-order valence-corrected chi connectivity index (χ2v) is 9.53.